The molecule has 1 amide bonds. The number of amides is 1. The summed E-state index contributed by atoms with van der Waals surface area (Å²) in [5, 5.41) is 9.57. The van der Waals surface area contributed by atoms with Crippen LogP contribution in [0.5, 0.6) is 0 Å². The third-order valence-corrected chi connectivity index (χ3v) is 5.78. The molecule has 1 aliphatic rings. The van der Waals surface area contributed by atoms with Gasteiger partial charge in [-0.25, -0.2) is 4.79 Å². The molecule has 1 aromatic heterocycles. The van der Waals surface area contributed by atoms with Gasteiger partial charge in [0, 0.05) is 18.3 Å². The Kier molecular flexibility index (Phi) is 5.00. The van der Waals surface area contributed by atoms with E-state index in [9.17, 15) is 14.7 Å². The maximum atomic E-state index is 12.8. The molecule has 0 saturated heterocycles. The first-order valence-corrected chi connectivity index (χ1v) is 9.03. The highest BCUT2D eigenvalue weighted by molar-refractivity contribution is 7.14. The summed E-state index contributed by atoms with van der Waals surface area (Å²) in [6.45, 7) is 0. The summed E-state index contributed by atoms with van der Waals surface area (Å²) >= 11 is 1.52. The van der Waals surface area contributed by atoms with Crippen molar-refractivity contribution in [1.29, 1.82) is 0 Å². The number of nitrogens with zero attached hydrogens (tertiary/aromatic N) is 1. The van der Waals surface area contributed by atoms with Gasteiger partial charge < -0.3 is 10.0 Å². The number of aryl methyl sites for hydroxylation is 2. The molecule has 0 fully saturated rings. The Morgan fingerprint density at radius 1 is 1.21 bits per heavy atom. The minimum atomic E-state index is -0.976. The highest BCUT2D eigenvalue weighted by Gasteiger charge is 2.29. The predicted octanol–water partition coefficient (Wildman–Crippen LogP) is 3.39. The summed E-state index contributed by atoms with van der Waals surface area (Å²) in [5.74, 6) is -1.17. The van der Waals surface area contributed by atoms with Crippen molar-refractivity contribution in [1.82, 2.24) is 4.90 Å². The van der Waals surface area contributed by atoms with Gasteiger partial charge in [0.1, 0.15) is 6.04 Å². The number of carbonyl (C=O) groups excluding carboxylic acids is 1. The third-order valence-electron chi connectivity index (χ3n) is 4.55. The van der Waals surface area contributed by atoms with Crippen molar-refractivity contribution in [3.8, 4) is 0 Å². The zero-order valence-electron chi connectivity index (χ0n) is 13.7. The SMILES string of the molecule is CN(C(=O)c1cc2c(s1)CCCC2)C(Cc1ccccc1)C(=O)O. The molecule has 0 radical (unpaired) electrons. The normalized spacial score (nSPS) is 14.7. The van der Waals surface area contributed by atoms with E-state index < -0.39 is 12.0 Å². The average molecular weight is 343 g/mol. The van der Waals surface area contributed by atoms with Crippen LogP contribution in [0.15, 0.2) is 36.4 Å². The van der Waals surface area contributed by atoms with Crippen molar-refractivity contribution in [3.05, 3.63) is 57.3 Å². The number of benzene rings is 1. The van der Waals surface area contributed by atoms with E-state index in [2.05, 4.69) is 0 Å². The first kappa shape index (κ1) is 16.7. The average Bonchev–Trinajstić information content (AvgIpc) is 3.03. The molecule has 3 rings (SSSR count). The molecule has 0 aliphatic heterocycles. The van der Waals surface area contributed by atoms with Gasteiger partial charge in [0.25, 0.3) is 5.91 Å². The molecule has 1 atom stereocenters. The molecule has 1 unspecified atom stereocenters. The van der Waals surface area contributed by atoms with Crippen molar-refractivity contribution in [2.24, 2.45) is 0 Å². The lowest BCUT2D eigenvalue weighted by molar-refractivity contribution is -0.141. The third kappa shape index (κ3) is 3.51. The molecule has 0 spiro atoms. The van der Waals surface area contributed by atoms with Crippen LogP contribution in [0.4, 0.5) is 0 Å². The molecule has 4 nitrogen and oxygen atoms in total. The molecule has 2 aromatic rings. The van der Waals surface area contributed by atoms with E-state index in [0.717, 1.165) is 18.4 Å². The van der Waals surface area contributed by atoms with Crippen LogP contribution in [0.2, 0.25) is 0 Å². The molecule has 0 bridgehead atoms. The van der Waals surface area contributed by atoms with Gasteiger partial charge in [0.15, 0.2) is 0 Å². The van der Waals surface area contributed by atoms with Crippen LogP contribution in [0.25, 0.3) is 0 Å². The van der Waals surface area contributed by atoms with E-state index >= 15 is 0 Å². The topological polar surface area (TPSA) is 57.6 Å². The van der Waals surface area contributed by atoms with Crippen LogP contribution in [0, 0.1) is 0 Å². The number of thiophene rings is 1. The van der Waals surface area contributed by atoms with Crippen molar-refractivity contribution in [3.63, 3.8) is 0 Å². The molecular weight excluding hydrogens is 322 g/mol. The predicted molar refractivity (Wildman–Crippen MR) is 94.6 cm³/mol. The molecule has 1 heterocycles. The van der Waals surface area contributed by atoms with Crippen molar-refractivity contribution < 1.29 is 14.7 Å². The Labute approximate surface area is 145 Å². The Bertz CT molecular complexity index is 715. The summed E-state index contributed by atoms with van der Waals surface area (Å²) in [5.41, 5.74) is 2.17. The first-order chi connectivity index (χ1) is 11.6. The molecule has 126 valence electrons. The fourth-order valence-electron chi connectivity index (χ4n) is 3.14. The van der Waals surface area contributed by atoms with Crippen LogP contribution in [-0.4, -0.2) is 35.0 Å². The highest BCUT2D eigenvalue weighted by Crippen LogP contribution is 2.30. The van der Waals surface area contributed by atoms with Gasteiger partial charge in [-0.3, -0.25) is 4.79 Å². The van der Waals surface area contributed by atoms with Crippen LogP contribution in [0.3, 0.4) is 0 Å². The number of hydrogen-bond donors (Lipinski definition) is 1. The minimum Gasteiger partial charge on any atom is -0.480 e. The van der Waals surface area contributed by atoms with Gasteiger partial charge in [0.05, 0.1) is 4.88 Å². The van der Waals surface area contributed by atoms with Crippen LogP contribution >= 0.6 is 11.3 Å². The van der Waals surface area contributed by atoms with Gasteiger partial charge in [-0.15, -0.1) is 11.3 Å². The van der Waals surface area contributed by atoms with E-state index in [0.29, 0.717) is 11.3 Å². The molecule has 1 aliphatic carbocycles. The van der Waals surface area contributed by atoms with Gasteiger partial charge in [-0.2, -0.15) is 0 Å². The molecule has 0 saturated carbocycles. The van der Waals surface area contributed by atoms with Crippen LogP contribution in [-0.2, 0) is 24.1 Å². The second kappa shape index (κ2) is 7.18. The maximum absolute atomic E-state index is 12.8. The van der Waals surface area contributed by atoms with Crippen molar-refractivity contribution >= 4 is 23.2 Å². The van der Waals surface area contributed by atoms with E-state index in [1.54, 1.807) is 7.05 Å². The largest absolute Gasteiger partial charge is 0.480 e. The summed E-state index contributed by atoms with van der Waals surface area (Å²) in [6.07, 6.45) is 4.70. The molecular formula is C19H21NO3S. The maximum Gasteiger partial charge on any atom is 0.326 e. The lowest BCUT2D eigenvalue weighted by atomic mass is 9.99. The summed E-state index contributed by atoms with van der Waals surface area (Å²) in [4.78, 5) is 27.8. The quantitative estimate of drug-likeness (QED) is 0.905. The van der Waals surface area contributed by atoms with E-state index in [1.807, 2.05) is 36.4 Å². The fourth-order valence-corrected chi connectivity index (χ4v) is 4.38. The Morgan fingerprint density at radius 3 is 2.58 bits per heavy atom. The smallest absolute Gasteiger partial charge is 0.326 e. The summed E-state index contributed by atoms with van der Waals surface area (Å²) in [6, 6.07) is 10.5. The number of carboxylic acid groups (broad SMARTS) is 1. The van der Waals surface area contributed by atoms with Gasteiger partial charge in [-0.05, 0) is 42.9 Å². The molecule has 1 aromatic carbocycles. The standard InChI is InChI=1S/C19H21NO3S/c1-20(15(19(22)23)11-13-7-3-2-4-8-13)18(21)17-12-14-9-5-6-10-16(14)24-17/h2-4,7-8,12,15H,5-6,9-11H2,1H3,(H,22,23). The first-order valence-electron chi connectivity index (χ1n) is 8.21. The van der Waals surface area contributed by atoms with Crippen LogP contribution < -0.4 is 0 Å². The van der Waals surface area contributed by atoms with Gasteiger partial charge in [0.2, 0.25) is 0 Å². The number of rotatable bonds is 5. The van der Waals surface area contributed by atoms with E-state index in [4.69, 9.17) is 0 Å². The lowest BCUT2D eigenvalue weighted by Crippen LogP contribution is -2.43. The van der Waals surface area contributed by atoms with Gasteiger partial charge in [-0.1, -0.05) is 30.3 Å². The van der Waals surface area contributed by atoms with Crippen molar-refractivity contribution in [2.45, 2.75) is 38.1 Å². The number of carbonyl (C=O) groups is 2. The second-order valence-electron chi connectivity index (χ2n) is 6.23. The number of aliphatic carboxylic acids is 1. The fraction of sp³-hybridized carbons (Fsp3) is 0.368. The minimum absolute atomic E-state index is 0.197. The number of likely N-dealkylation sites (N-methyl/N-ethyl adjacent to an activating group) is 1. The molecule has 24 heavy (non-hydrogen) atoms. The Morgan fingerprint density at radius 2 is 1.92 bits per heavy atom. The Balaban J connectivity index is 1.79. The van der Waals surface area contributed by atoms with E-state index in [-0.39, 0.29) is 5.91 Å². The monoisotopic (exact) mass is 343 g/mol. The highest BCUT2D eigenvalue weighted by atomic mass is 32.1. The summed E-state index contributed by atoms with van der Waals surface area (Å²) in [7, 11) is 1.59. The number of hydrogen-bond acceptors (Lipinski definition) is 3. The van der Waals surface area contributed by atoms with E-state index in [1.165, 1.54) is 39.5 Å². The molecule has 5 heteroatoms. The zero-order valence-corrected chi connectivity index (χ0v) is 14.5. The molecule has 1 N–H and O–H groups in total. The summed E-state index contributed by atoms with van der Waals surface area (Å²) < 4.78 is 0. The number of fused-ring (bicyclic) bond motifs is 1. The lowest BCUT2D eigenvalue weighted by Gasteiger charge is -2.24. The zero-order chi connectivity index (χ0) is 17.1. The number of carboxylic acids is 1. The second-order valence-corrected chi connectivity index (χ2v) is 7.36. The van der Waals surface area contributed by atoms with Gasteiger partial charge >= 0.3 is 5.97 Å². The van der Waals surface area contributed by atoms with Crippen molar-refractivity contribution in [2.75, 3.05) is 7.05 Å². The van der Waals surface area contributed by atoms with Crippen LogP contribution in [0.1, 0.15) is 38.5 Å². The Hall–Kier alpha value is -2.14.